The topological polar surface area (TPSA) is 75.4 Å². The first kappa shape index (κ1) is 17.5. The van der Waals surface area contributed by atoms with Gasteiger partial charge in [-0.1, -0.05) is 6.92 Å². The molecule has 0 aromatic carbocycles. The van der Waals surface area contributed by atoms with Gasteiger partial charge in [0, 0.05) is 30.9 Å². The molecule has 0 aliphatic carbocycles. The Kier molecular flexibility index (Phi) is 5.75. The summed E-state index contributed by atoms with van der Waals surface area (Å²) in [5, 5.41) is 3.92. The second kappa shape index (κ2) is 8.20. The van der Waals surface area contributed by atoms with Crippen LogP contribution in [-0.4, -0.2) is 46.6 Å². The molecule has 0 saturated carbocycles. The highest BCUT2D eigenvalue weighted by Crippen LogP contribution is 2.17. The Bertz CT molecular complexity index is 725. The van der Waals surface area contributed by atoms with Crippen molar-refractivity contribution in [3.63, 3.8) is 0 Å². The van der Waals surface area contributed by atoms with Crippen molar-refractivity contribution < 1.29 is 14.0 Å². The lowest BCUT2D eigenvalue weighted by atomic mass is 10.0. The molecule has 6 nitrogen and oxygen atoms in total. The molecular weight excluding hydrogens is 338 g/mol. The maximum absolute atomic E-state index is 12.4. The molecule has 2 aromatic rings. The third-order valence-corrected chi connectivity index (χ3v) is 4.98. The predicted octanol–water partition coefficient (Wildman–Crippen LogP) is 2.82. The van der Waals surface area contributed by atoms with Gasteiger partial charge in [-0.05, 0) is 36.8 Å². The Morgan fingerprint density at radius 2 is 2.12 bits per heavy atom. The third kappa shape index (κ3) is 4.42. The van der Waals surface area contributed by atoms with Gasteiger partial charge in [0.05, 0.1) is 16.9 Å². The number of hydrogen-bond donors (Lipinski definition) is 1. The van der Waals surface area contributed by atoms with E-state index in [1.807, 2.05) is 6.07 Å². The zero-order valence-electron chi connectivity index (χ0n) is 14.1. The van der Waals surface area contributed by atoms with E-state index in [4.69, 9.17) is 4.42 Å². The van der Waals surface area contributed by atoms with Crippen LogP contribution in [0.25, 0.3) is 0 Å². The number of likely N-dealkylation sites (tertiary alicyclic amines) is 1. The monoisotopic (exact) mass is 359 g/mol. The standard InChI is InChI=1S/C18H21N3O3S/c1-2-25-16-11-13(3-7-19-16)17(22)20-15-4-8-21(9-5-15)18(23)14-6-10-24-12-14/h3,6-7,10-12,15H,2,4-5,8-9H2,1H3,(H,20,22). The molecule has 0 radical (unpaired) electrons. The largest absolute Gasteiger partial charge is 0.472 e. The molecule has 1 fully saturated rings. The van der Waals surface area contributed by atoms with Gasteiger partial charge in [-0.3, -0.25) is 9.59 Å². The van der Waals surface area contributed by atoms with Crippen LogP contribution in [0.2, 0.25) is 0 Å². The van der Waals surface area contributed by atoms with Crippen LogP contribution in [0.5, 0.6) is 0 Å². The molecule has 1 saturated heterocycles. The number of aromatic nitrogens is 1. The van der Waals surface area contributed by atoms with Crippen LogP contribution < -0.4 is 5.32 Å². The molecule has 0 unspecified atom stereocenters. The van der Waals surface area contributed by atoms with Crippen molar-refractivity contribution in [3.8, 4) is 0 Å². The number of amides is 2. The lowest BCUT2D eigenvalue weighted by Crippen LogP contribution is -2.46. The van der Waals surface area contributed by atoms with Crippen molar-refractivity contribution in [2.45, 2.75) is 30.8 Å². The molecule has 7 heteroatoms. The van der Waals surface area contributed by atoms with E-state index in [1.54, 1.807) is 35.0 Å². The van der Waals surface area contributed by atoms with Gasteiger partial charge < -0.3 is 14.6 Å². The number of hydrogen-bond acceptors (Lipinski definition) is 5. The van der Waals surface area contributed by atoms with E-state index >= 15 is 0 Å². The number of carbonyl (C=O) groups is 2. The molecule has 132 valence electrons. The van der Waals surface area contributed by atoms with E-state index in [2.05, 4.69) is 17.2 Å². The molecule has 0 bridgehead atoms. The minimum Gasteiger partial charge on any atom is -0.472 e. The maximum Gasteiger partial charge on any atom is 0.257 e. The highest BCUT2D eigenvalue weighted by molar-refractivity contribution is 7.99. The Hall–Kier alpha value is -2.28. The fourth-order valence-electron chi connectivity index (χ4n) is 2.84. The Balaban J connectivity index is 1.52. The fraction of sp³-hybridized carbons (Fsp3) is 0.389. The summed E-state index contributed by atoms with van der Waals surface area (Å²) in [7, 11) is 0. The SMILES string of the molecule is CCSc1cc(C(=O)NC2CCN(C(=O)c3ccoc3)CC2)ccn1. The molecule has 2 amide bonds. The van der Waals surface area contributed by atoms with Crippen molar-refractivity contribution in [3.05, 3.63) is 48.0 Å². The van der Waals surface area contributed by atoms with Gasteiger partial charge in [0.15, 0.2) is 0 Å². The first-order valence-corrected chi connectivity index (χ1v) is 9.37. The highest BCUT2D eigenvalue weighted by atomic mass is 32.2. The number of pyridine rings is 1. The second-order valence-electron chi connectivity index (χ2n) is 5.87. The zero-order valence-corrected chi connectivity index (χ0v) is 14.9. The van der Waals surface area contributed by atoms with Crippen LogP contribution in [0.3, 0.4) is 0 Å². The molecule has 3 heterocycles. The van der Waals surface area contributed by atoms with Crippen molar-refractivity contribution in [1.82, 2.24) is 15.2 Å². The summed E-state index contributed by atoms with van der Waals surface area (Å²) >= 11 is 1.61. The Morgan fingerprint density at radius 3 is 2.80 bits per heavy atom. The normalized spacial score (nSPS) is 15.2. The molecule has 0 spiro atoms. The Morgan fingerprint density at radius 1 is 1.32 bits per heavy atom. The van der Waals surface area contributed by atoms with E-state index in [0.29, 0.717) is 24.2 Å². The number of nitrogens with one attached hydrogen (secondary N) is 1. The minimum atomic E-state index is -0.0834. The molecule has 1 aliphatic rings. The summed E-state index contributed by atoms with van der Waals surface area (Å²) in [6, 6.07) is 5.30. The first-order chi connectivity index (χ1) is 12.2. The van der Waals surface area contributed by atoms with Gasteiger partial charge in [0.2, 0.25) is 0 Å². The van der Waals surface area contributed by atoms with Gasteiger partial charge >= 0.3 is 0 Å². The minimum absolute atomic E-state index is 0.0195. The number of nitrogens with zero attached hydrogens (tertiary/aromatic N) is 2. The van der Waals surface area contributed by atoms with E-state index in [9.17, 15) is 9.59 Å². The lowest BCUT2D eigenvalue weighted by Gasteiger charge is -2.32. The van der Waals surface area contributed by atoms with Crippen LogP contribution in [0.4, 0.5) is 0 Å². The summed E-state index contributed by atoms with van der Waals surface area (Å²) in [5.74, 6) is 0.815. The van der Waals surface area contributed by atoms with Gasteiger partial charge in [-0.15, -0.1) is 11.8 Å². The fourth-order valence-corrected chi connectivity index (χ4v) is 3.48. The number of carbonyl (C=O) groups excluding carboxylic acids is 2. The van der Waals surface area contributed by atoms with Crippen LogP contribution in [0.15, 0.2) is 46.4 Å². The third-order valence-electron chi connectivity index (χ3n) is 4.17. The molecule has 2 aromatic heterocycles. The number of thioether (sulfide) groups is 1. The molecule has 25 heavy (non-hydrogen) atoms. The van der Waals surface area contributed by atoms with Gasteiger partial charge in [0.1, 0.15) is 6.26 Å². The number of piperidine rings is 1. The molecule has 0 atom stereocenters. The molecule has 1 aliphatic heterocycles. The van der Waals surface area contributed by atoms with Crippen molar-refractivity contribution >= 4 is 23.6 Å². The van der Waals surface area contributed by atoms with Crippen molar-refractivity contribution in [2.75, 3.05) is 18.8 Å². The van der Waals surface area contributed by atoms with Crippen molar-refractivity contribution in [2.24, 2.45) is 0 Å². The average Bonchev–Trinajstić information content (AvgIpc) is 3.17. The first-order valence-electron chi connectivity index (χ1n) is 8.38. The summed E-state index contributed by atoms with van der Waals surface area (Å²) in [5.41, 5.74) is 1.20. The average molecular weight is 359 g/mol. The summed E-state index contributed by atoms with van der Waals surface area (Å²) in [6.07, 6.45) is 6.12. The van der Waals surface area contributed by atoms with Crippen LogP contribution in [-0.2, 0) is 0 Å². The smallest absolute Gasteiger partial charge is 0.257 e. The molecule has 1 N–H and O–H groups in total. The van der Waals surface area contributed by atoms with E-state index in [0.717, 1.165) is 23.6 Å². The van der Waals surface area contributed by atoms with E-state index < -0.39 is 0 Å². The van der Waals surface area contributed by atoms with Crippen LogP contribution in [0, 0.1) is 0 Å². The highest BCUT2D eigenvalue weighted by Gasteiger charge is 2.25. The summed E-state index contributed by atoms with van der Waals surface area (Å²) in [6.45, 7) is 3.31. The number of rotatable bonds is 5. The van der Waals surface area contributed by atoms with E-state index in [-0.39, 0.29) is 17.9 Å². The van der Waals surface area contributed by atoms with Crippen molar-refractivity contribution in [1.29, 1.82) is 0 Å². The number of furan rings is 1. The van der Waals surface area contributed by atoms with E-state index in [1.165, 1.54) is 12.5 Å². The predicted molar refractivity (Wildman–Crippen MR) is 95.7 cm³/mol. The lowest BCUT2D eigenvalue weighted by molar-refractivity contribution is 0.0697. The second-order valence-corrected chi connectivity index (χ2v) is 7.15. The van der Waals surface area contributed by atoms with Crippen LogP contribution >= 0.6 is 11.8 Å². The van der Waals surface area contributed by atoms with Gasteiger partial charge in [-0.2, -0.15) is 0 Å². The molecule has 3 rings (SSSR count). The maximum atomic E-state index is 12.4. The quantitative estimate of drug-likeness (QED) is 0.831. The summed E-state index contributed by atoms with van der Waals surface area (Å²) in [4.78, 5) is 30.8. The molecular formula is C18H21N3O3S. The van der Waals surface area contributed by atoms with Gasteiger partial charge in [-0.25, -0.2) is 4.98 Å². The summed E-state index contributed by atoms with van der Waals surface area (Å²) < 4.78 is 4.96. The Labute approximate surface area is 151 Å². The zero-order chi connectivity index (χ0) is 17.6. The van der Waals surface area contributed by atoms with Crippen LogP contribution in [0.1, 0.15) is 40.5 Å². The van der Waals surface area contributed by atoms with Gasteiger partial charge in [0.25, 0.3) is 11.8 Å².